The number of carbonyl (C=O) groups excluding carboxylic acids is 1. The molecule has 1 fully saturated rings. The summed E-state index contributed by atoms with van der Waals surface area (Å²) in [5, 5.41) is 7.68. The zero-order chi connectivity index (χ0) is 13.3. The molecular formula is C13H22N4O. The van der Waals surface area contributed by atoms with Gasteiger partial charge in [-0.1, -0.05) is 6.92 Å². The minimum absolute atomic E-state index is 0.103. The summed E-state index contributed by atoms with van der Waals surface area (Å²) in [6.07, 6.45) is 2.62. The van der Waals surface area contributed by atoms with Gasteiger partial charge in [0.05, 0.1) is 16.8 Å². The molecule has 1 aromatic rings. The van der Waals surface area contributed by atoms with Crippen molar-refractivity contribution in [2.75, 3.05) is 19.6 Å². The zero-order valence-electron chi connectivity index (χ0n) is 11.7. The Morgan fingerprint density at radius 2 is 2.28 bits per heavy atom. The number of nitrogens with one attached hydrogen (secondary N) is 1. The maximum absolute atomic E-state index is 12.7. The van der Waals surface area contributed by atoms with Crippen LogP contribution in [0.3, 0.4) is 0 Å². The van der Waals surface area contributed by atoms with Gasteiger partial charge in [-0.05, 0) is 20.3 Å². The third kappa shape index (κ3) is 2.27. The molecule has 0 aromatic carbocycles. The molecule has 0 saturated carbocycles. The molecule has 0 bridgehead atoms. The van der Waals surface area contributed by atoms with E-state index < -0.39 is 0 Å². The summed E-state index contributed by atoms with van der Waals surface area (Å²) in [7, 11) is 1.86. The van der Waals surface area contributed by atoms with Crippen LogP contribution in [0.2, 0.25) is 0 Å². The van der Waals surface area contributed by atoms with E-state index in [2.05, 4.69) is 24.3 Å². The summed E-state index contributed by atoms with van der Waals surface area (Å²) >= 11 is 0. The first kappa shape index (κ1) is 13.1. The first-order valence-corrected chi connectivity index (χ1v) is 6.51. The summed E-state index contributed by atoms with van der Waals surface area (Å²) in [6, 6.07) is 0. The molecule has 5 heteroatoms. The minimum atomic E-state index is -0.143. The number of amides is 1. The molecule has 1 saturated heterocycles. The van der Waals surface area contributed by atoms with Gasteiger partial charge in [0.2, 0.25) is 0 Å². The smallest absolute Gasteiger partial charge is 0.257 e. The molecule has 0 aliphatic carbocycles. The number of hydrogen-bond donors (Lipinski definition) is 1. The van der Waals surface area contributed by atoms with Crippen LogP contribution in [0.25, 0.3) is 0 Å². The Morgan fingerprint density at radius 3 is 2.89 bits per heavy atom. The number of nitrogens with zero attached hydrogens (tertiary/aromatic N) is 3. The molecule has 100 valence electrons. The van der Waals surface area contributed by atoms with Crippen LogP contribution in [0.4, 0.5) is 0 Å². The van der Waals surface area contributed by atoms with Crippen molar-refractivity contribution in [1.82, 2.24) is 20.0 Å². The highest BCUT2D eigenvalue weighted by molar-refractivity contribution is 5.95. The average molecular weight is 250 g/mol. The van der Waals surface area contributed by atoms with Crippen LogP contribution in [0.15, 0.2) is 6.20 Å². The second-order valence-electron chi connectivity index (χ2n) is 5.46. The number of rotatable bonds is 2. The molecule has 1 aromatic heterocycles. The first-order chi connectivity index (χ1) is 8.45. The molecule has 5 nitrogen and oxygen atoms in total. The fourth-order valence-corrected chi connectivity index (χ4v) is 2.48. The fourth-order valence-electron chi connectivity index (χ4n) is 2.48. The first-order valence-electron chi connectivity index (χ1n) is 6.51. The van der Waals surface area contributed by atoms with Gasteiger partial charge in [0.1, 0.15) is 0 Å². The van der Waals surface area contributed by atoms with E-state index in [9.17, 15) is 4.79 Å². The van der Waals surface area contributed by atoms with Gasteiger partial charge in [0, 0.05) is 32.9 Å². The van der Waals surface area contributed by atoms with Crippen molar-refractivity contribution in [3.8, 4) is 0 Å². The fraction of sp³-hybridized carbons (Fsp3) is 0.692. The molecule has 0 radical (unpaired) electrons. The normalized spacial score (nSPS) is 19.0. The summed E-state index contributed by atoms with van der Waals surface area (Å²) in [4.78, 5) is 14.6. The van der Waals surface area contributed by atoms with Crippen LogP contribution in [-0.2, 0) is 13.5 Å². The van der Waals surface area contributed by atoms with Crippen LogP contribution < -0.4 is 5.32 Å². The number of aromatic nitrogens is 2. The lowest BCUT2D eigenvalue weighted by Crippen LogP contribution is -2.59. The van der Waals surface area contributed by atoms with Gasteiger partial charge in [-0.3, -0.25) is 9.48 Å². The minimum Gasteiger partial charge on any atom is -0.331 e. The average Bonchev–Trinajstić information content (AvgIpc) is 2.69. The van der Waals surface area contributed by atoms with E-state index in [-0.39, 0.29) is 11.4 Å². The van der Waals surface area contributed by atoms with Gasteiger partial charge in [-0.15, -0.1) is 0 Å². The standard InChI is InChI=1S/C13H22N4O/c1-5-11-10(8-16(4)15-11)12(18)17-7-6-14-9-13(17,2)3/h8,14H,5-7,9H2,1-4H3. The molecule has 2 heterocycles. The monoisotopic (exact) mass is 250 g/mol. The molecular weight excluding hydrogens is 228 g/mol. The summed E-state index contributed by atoms with van der Waals surface area (Å²) < 4.78 is 1.72. The second kappa shape index (κ2) is 4.72. The van der Waals surface area contributed by atoms with Crippen molar-refractivity contribution in [1.29, 1.82) is 0 Å². The third-order valence-corrected chi connectivity index (χ3v) is 3.52. The lowest BCUT2D eigenvalue weighted by Gasteiger charge is -2.42. The van der Waals surface area contributed by atoms with Crippen LogP contribution in [0, 0.1) is 0 Å². The molecule has 1 aliphatic heterocycles. The second-order valence-corrected chi connectivity index (χ2v) is 5.46. The Bertz CT molecular complexity index is 450. The molecule has 0 unspecified atom stereocenters. The molecule has 2 rings (SSSR count). The predicted molar refractivity (Wildman–Crippen MR) is 70.6 cm³/mol. The van der Waals surface area contributed by atoms with E-state index in [0.717, 1.165) is 37.3 Å². The van der Waals surface area contributed by atoms with Crippen LogP contribution >= 0.6 is 0 Å². The zero-order valence-corrected chi connectivity index (χ0v) is 11.7. The van der Waals surface area contributed by atoms with E-state index in [1.54, 1.807) is 4.68 Å². The van der Waals surface area contributed by atoms with E-state index in [0.29, 0.717) is 0 Å². The highest BCUT2D eigenvalue weighted by atomic mass is 16.2. The van der Waals surface area contributed by atoms with Crippen LogP contribution in [0.1, 0.15) is 36.8 Å². The van der Waals surface area contributed by atoms with Crippen molar-refractivity contribution in [2.45, 2.75) is 32.7 Å². The van der Waals surface area contributed by atoms with Crippen molar-refractivity contribution in [3.05, 3.63) is 17.5 Å². The van der Waals surface area contributed by atoms with Gasteiger partial charge in [0.15, 0.2) is 0 Å². The number of carbonyl (C=O) groups is 1. The Kier molecular flexibility index (Phi) is 3.43. The van der Waals surface area contributed by atoms with E-state index >= 15 is 0 Å². The van der Waals surface area contributed by atoms with Gasteiger partial charge >= 0.3 is 0 Å². The van der Waals surface area contributed by atoms with Crippen molar-refractivity contribution < 1.29 is 4.79 Å². The molecule has 1 amide bonds. The van der Waals surface area contributed by atoms with Crippen LogP contribution in [-0.4, -0.2) is 45.8 Å². The van der Waals surface area contributed by atoms with Crippen LogP contribution in [0.5, 0.6) is 0 Å². The molecule has 0 atom stereocenters. The maximum atomic E-state index is 12.7. The summed E-state index contributed by atoms with van der Waals surface area (Å²) in [5.74, 6) is 0.103. The van der Waals surface area contributed by atoms with E-state index in [1.807, 2.05) is 25.1 Å². The SMILES string of the molecule is CCc1nn(C)cc1C(=O)N1CCNCC1(C)C. The third-order valence-electron chi connectivity index (χ3n) is 3.52. The van der Waals surface area contributed by atoms with Crippen molar-refractivity contribution >= 4 is 5.91 Å². The predicted octanol–water partition coefficient (Wildman–Crippen LogP) is 0.806. The van der Waals surface area contributed by atoms with Gasteiger partial charge in [-0.25, -0.2) is 0 Å². The quantitative estimate of drug-likeness (QED) is 0.845. The topological polar surface area (TPSA) is 50.2 Å². The highest BCUT2D eigenvalue weighted by Gasteiger charge is 2.34. The van der Waals surface area contributed by atoms with Crippen molar-refractivity contribution in [3.63, 3.8) is 0 Å². The largest absolute Gasteiger partial charge is 0.331 e. The Hall–Kier alpha value is -1.36. The highest BCUT2D eigenvalue weighted by Crippen LogP contribution is 2.21. The summed E-state index contributed by atoms with van der Waals surface area (Å²) in [6.45, 7) is 8.67. The van der Waals surface area contributed by atoms with Gasteiger partial charge < -0.3 is 10.2 Å². The van der Waals surface area contributed by atoms with Gasteiger partial charge in [0.25, 0.3) is 5.91 Å². The number of piperazine rings is 1. The maximum Gasteiger partial charge on any atom is 0.257 e. The number of hydrogen-bond acceptors (Lipinski definition) is 3. The van der Waals surface area contributed by atoms with E-state index in [4.69, 9.17) is 0 Å². The summed E-state index contributed by atoms with van der Waals surface area (Å²) in [5.41, 5.74) is 1.49. The van der Waals surface area contributed by atoms with Crippen molar-refractivity contribution in [2.24, 2.45) is 7.05 Å². The molecule has 0 spiro atoms. The number of aryl methyl sites for hydroxylation is 2. The lowest BCUT2D eigenvalue weighted by atomic mass is 9.98. The molecule has 18 heavy (non-hydrogen) atoms. The molecule has 1 aliphatic rings. The Balaban J connectivity index is 2.29. The lowest BCUT2D eigenvalue weighted by molar-refractivity contribution is 0.0476. The Morgan fingerprint density at radius 1 is 1.56 bits per heavy atom. The van der Waals surface area contributed by atoms with Gasteiger partial charge in [-0.2, -0.15) is 5.10 Å². The Labute approximate surface area is 108 Å². The molecule has 1 N–H and O–H groups in total. The van der Waals surface area contributed by atoms with E-state index in [1.165, 1.54) is 0 Å².